The van der Waals surface area contributed by atoms with Crippen molar-refractivity contribution in [3.05, 3.63) is 34.9 Å². The Morgan fingerprint density at radius 2 is 2.29 bits per heavy atom. The van der Waals surface area contributed by atoms with Gasteiger partial charge in [0.1, 0.15) is 5.84 Å². The highest BCUT2D eigenvalue weighted by atomic mass is 35.5. The van der Waals surface area contributed by atoms with Gasteiger partial charge in [0.15, 0.2) is 0 Å². The second-order valence-corrected chi connectivity index (χ2v) is 4.50. The topological polar surface area (TPSA) is 61.8 Å². The van der Waals surface area contributed by atoms with Crippen LogP contribution in [-0.4, -0.2) is 29.5 Å². The summed E-state index contributed by atoms with van der Waals surface area (Å²) in [7, 11) is 2.03. The van der Waals surface area contributed by atoms with Crippen LogP contribution in [0, 0.1) is 0 Å². The largest absolute Gasteiger partial charge is 0.409 e. The normalized spacial score (nSPS) is 12.1. The fourth-order valence-corrected chi connectivity index (χ4v) is 1.82. The van der Waals surface area contributed by atoms with Gasteiger partial charge in [-0.2, -0.15) is 0 Å². The van der Waals surface area contributed by atoms with Crippen molar-refractivity contribution in [3.63, 3.8) is 0 Å². The van der Waals surface area contributed by atoms with Gasteiger partial charge < -0.3 is 15.8 Å². The van der Waals surface area contributed by atoms with Crippen molar-refractivity contribution in [2.45, 2.75) is 19.4 Å². The molecule has 94 valence electrons. The van der Waals surface area contributed by atoms with Gasteiger partial charge in [0.2, 0.25) is 0 Å². The lowest BCUT2D eigenvalue weighted by Gasteiger charge is -2.16. The fraction of sp³-hybridized carbons (Fsp3) is 0.417. The SMILES string of the molecule is CN(CCCC(N)=NO)Cc1cccc(Cl)c1. The van der Waals surface area contributed by atoms with Gasteiger partial charge in [-0.15, -0.1) is 0 Å². The lowest BCUT2D eigenvalue weighted by Crippen LogP contribution is -2.21. The number of oxime groups is 1. The van der Waals surface area contributed by atoms with E-state index in [1.54, 1.807) is 0 Å². The summed E-state index contributed by atoms with van der Waals surface area (Å²) in [5.41, 5.74) is 6.58. The van der Waals surface area contributed by atoms with Gasteiger partial charge in [0, 0.05) is 18.0 Å². The molecular weight excluding hydrogens is 238 g/mol. The number of hydrogen-bond donors (Lipinski definition) is 2. The van der Waals surface area contributed by atoms with E-state index in [9.17, 15) is 0 Å². The summed E-state index contributed by atoms with van der Waals surface area (Å²) in [6.07, 6.45) is 1.48. The standard InChI is InChI=1S/C12H18ClN3O/c1-16(7-3-6-12(14)15-17)9-10-4-2-5-11(13)8-10/h2,4-5,8,17H,3,6-7,9H2,1H3,(H2,14,15). The summed E-state index contributed by atoms with van der Waals surface area (Å²) >= 11 is 5.91. The molecule has 5 heteroatoms. The Labute approximate surface area is 107 Å². The summed E-state index contributed by atoms with van der Waals surface area (Å²) in [6.45, 7) is 1.74. The number of rotatable bonds is 6. The number of nitrogens with zero attached hydrogens (tertiary/aromatic N) is 2. The fourth-order valence-electron chi connectivity index (χ4n) is 1.61. The van der Waals surface area contributed by atoms with Gasteiger partial charge in [-0.25, -0.2) is 0 Å². The third kappa shape index (κ3) is 5.56. The number of benzene rings is 1. The second kappa shape index (κ2) is 7.14. The Balaban J connectivity index is 2.32. The molecule has 0 aromatic heterocycles. The van der Waals surface area contributed by atoms with Gasteiger partial charge in [-0.1, -0.05) is 28.9 Å². The molecule has 3 N–H and O–H groups in total. The van der Waals surface area contributed by atoms with Crippen LogP contribution in [0.15, 0.2) is 29.4 Å². The Morgan fingerprint density at radius 1 is 1.53 bits per heavy atom. The molecule has 17 heavy (non-hydrogen) atoms. The van der Waals surface area contributed by atoms with Crippen molar-refractivity contribution in [2.24, 2.45) is 10.9 Å². The van der Waals surface area contributed by atoms with Gasteiger partial charge in [-0.3, -0.25) is 0 Å². The molecule has 0 saturated carbocycles. The zero-order chi connectivity index (χ0) is 12.7. The minimum atomic E-state index is 0.279. The van der Waals surface area contributed by atoms with Crippen LogP contribution in [-0.2, 0) is 6.54 Å². The van der Waals surface area contributed by atoms with Crippen LogP contribution in [0.25, 0.3) is 0 Å². The van der Waals surface area contributed by atoms with Gasteiger partial charge in [0.05, 0.1) is 0 Å². The van der Waals surface area contributed by atoms with Crippen molar-refractivity contribution >= 4 is 17.4 Å². The van der Waals surface area contributed by atoms with E-state index in [0.29, 0.717) is 6.42 Å². The lowest BCUT2D eigenvalue weighted by atomic mass is 10.2. The number of nitrogens with two attached hydrogens (primary N) is 1. The molecular formula is C12H18ClN3O. The van der Waals surface area contributed by atoms with E-state index in [1.807, 2.05) is 31.3 Å². The molecule has 4 nitrogen and oxygen atoms in total. The Hall–Kier alpha value is -1.26. The molecule has 1 aromatic rings. The molecule has 0 aliphatic heterocycles. The van der Waals surface area contributed by atoms with Crippen molar-refractivity contribution in [1.29, 1.82) is 0 Å². The predicted octanol–water partition coefficient (Wildman–Crippen LogP) is 2.30. The summed E-state index contributed by atoms with van der Waals surface area (Å²) in [5, 5.41) is 12.1. The van der Waals surface area contributed by atoms with E-state index in [1.165, 1.54) is 5.56 Å². The van der Waals surface area contributed by atoms with Crippen LogP contribution in [0.4, 0.5) is 0 Å². The first-order chi connectivity index (χ1) is 8.11. The highest BCUT2D eigenvalue weighted by molar-refractivity contribution is 6.30. The van der Waals surface area contributed by atoms with Crippen LogP contribution in [0.1, 0.15) is 18.4 Å². The van der Waals surface area contributed by atoms with Crippen molar-refractivity contribution in [3.8, 4) is 0 Å². The minimum Gasteiger partial charge on any atom is -0.409 e. The maximum absolute atomic E-state index is 8.40. The number of halogens is 1. The van der Waals surface area contributed by atoms with Crippen LogP contribution in [0.5, 0.6) is 0 Å². The first kappa shape index (κ1) is 13.8. The average Bonchev–Trinajstić information content (AvgIpc) is 2.28. The Morgan fingerprint density at radius 3 is 2.94 bits per heavy atom. The highest BCUT2D eigenvalue weighted by Crippen LogP contribution is 2.12. The molecule has 0 aliphatic rings. The Kier molecular flexibility index (Phi) is 5.80. The van der Waals surface area contributed by atoms with Crippen LogP contribution < -0.4 is 5.73 Å². The third-order valence-corrected chi connectivity index (χ3v) is 2.68. The van der Waals surface area contributed by atoms with E-state index in [4.69, 9.17) is 22.5 Å². The van der Waals surface area contributed by atoms with E-state index >= 15 is 0 Å². The smallest absolute Gasteiger partial charge is 0.139 e. The van der Waals surface area contributed by atoms with E-state index < -0.39 is 0 Å². The number of hydrogen-bond acceptors (Lipinski definition) is 3. The molecule has 0 bridgehead atoms. The first-order valence-corrected chi connectivity index (χ1v) is 5.89. The zero-order valence-electron chi connectivity index (χ0n) is 9.93. The maximum Gasteiger partial charge on any atom is 0.139 e. The minimum absolute atomic E-state index is 0.279. The summed E-state index contributed by atoms with van der Waals surface area (Å²) < 4.78 is 0. The molecule has 0 saturated heterocycles. The molecule has 1 rings (SSSR count). The zero-order valence-corrected chi connectivity index (χ0v) is 10.7. The molecule has 0 fully saturated rings. The van der Waals surface area contributed by atoms with E-state index in [2.05, 4.69) is 10.1 Å². The van der Waals surface area contributed by atoms with Gasteiger partial charge in [0.25, 0.3) is 0 Å². The van der Waals surface area contributed by atoms with E-state index in [0.717, 1.165) is 24.5 Å². The molecule has 1 aromatic carbocycles. The third-order valence-electron chi connectivity index (χ3n) is 2.44. The molecule has 0 atom stereocenters. The van der Waals surface area contributed by atoms with E-state index in [-0.39, 0.29) is 5.84 Å². The van der Waals surface area contributed by atoms with Gasteiger partial charge >= 0.3 is 0 Å². The molecule has 0 spiro atoms. The molecule has 0 radical (unpaired) electrons. The molecule has 0 amide bonds. The molecule has 0 unspecified atom stereocenters. The van der Waals surface area contributed by atoms with Crippen LogP contribution >= 0.6 is 11.6 Å². The summed E-state index contributed by atoms with van der Waals surface area (Å²) in [5.74, 6) is 0.279. The van der Waals surface area contributed by atoms with Gasteiger partial charge in [-0.05, 0) is 37.7 Å². The number of amidine groups is 1. The summed E-state index contributed by atoms with van der Waals surface area (Å²) in [6, 6.07) is 7.82. The average molecular weight is 256 g/mol. The monoisotopic (exact) mass is 255 g/mol. The van der Waals surface area contributed by atoms with Crippen molar-refractivity contribution < 1.29 is 5.21 Å². The maximum atomic E-state index is 8.40. The second-order valence-electron chi connectivity index (χ2n) is 4.06. The Bertz CT molecular complexity index is 382. The lowest BCUT2D eigenvalue weighted by molar-refractivity contribution is 0.311. The van der Waals surface area contributed by atoms with Crippen LogP contribution in [0.2, 0.25) is 5.02 Å². The van der Waals surface area contributed by atoms with Crippen LogP contribution in [0.3, 0.4) is 0 Å². The highest BCUT2D eigenvalue weighted by Gasteiger charge is 2.02. The molecule has 0 aliphatic carbocycles. The first-order valence-electron chi connectivity index (χ1n) is 5.51. The summed E-state index contributed by atoms with van der Waals surface area (Å²) in [4.78, 5) is 2.18. The van der Waals surface area contributed by atoms with Crippen molar-refractivity contribution in [1.82, 2.24) is 4.90 Å². The predicted molar refractivity (Wildman–Crippen MR) is 70.4 cm³/mol. The quantitative estimate of drug-likeness (QED) is 0.355. The molecule has 0 heterocycles. The van der Waals surface area contributed by atoms with Crippen molar-refractivity contribution in [2.75, 3.05) is 13.6 Å².